The lowest BCUT2D eigenvalue weighted by atomic mass is 10.1. The van der Waals surface area contributed by atoms with Crippen molar-refractivity contribution in [2.75, 3.05) is 85.3 Å². The number of carboxylic acid groups (broad SMARTS) is 3. The Morgan fingerprint density at radius 3 is 1.03 bits per heavy atom. The molecule has 0 spiro atoms. The van der Waals surface area contributed by atoms with Crippen LogP contribution in [0.3, 0.4) is 0 Å². The van der Waals surface area contributed by atoms with Crippen molar-refractivity contribution in [2.24, 2.45) is 0 Å². The first kappa shape index (κ1) is 59.0. The predicted octanol–water partition coefficient (Wildman–Crippen LogP) is 4.31. The average Bonchev–Trinajstić information content (AvgIpc) is 3.14. The highest BCUT2D eigenvalue weighted by molar-refractivity contribution is 5.82. The zero-order valence-electron chi connectivity index (χ0n) is 35.7. The van der Waals surface area contributed by atoms with Gasteiger partial charge in [0.15, 0.2) is 0 Å². The summed E-state index contributed by atoms with van der Waals surface area (Å²) in [6.07, 6.45) is 12.9. The van der Waals surface area contributed by atoms with Gasteiger partial charge >= 0.3 is 35.8 Å². The molecule has 344 valence electrons. The number of esters is 3. The van der Waals surface area contributed by atoms with Gasteiger partial charge in [0.1, 0.15) is 13.1 Å². The molecular formula is C41H76N4O14. The van der Waals surface area contributed by atoms with Crippen LogP contribution in [0.25, 0.3) is 0 Å². The number of unbranched alkanes of at least 4 members (excludes halogenated alkanes) is 10. The number of carboxylic acids is 3. The summed E-state index contributed by atoms with van der Waals surface area (Å²) in [7, 11) is 0. The molecule has 0 aromatic rings. The first-order chi connectivity index (χ1) is 27.6. The van der Waals surface area contributed by atoms with Gasteiger partial charge in [0.2, 0.25) is 11.8 Å². The third-order valence-electron chi connectivity index (χ3n) is 8.55. The minimum atomic E-state index is -1.19. The van der Waals surface area contributed by atoms with Gasteiger partial charge in [0, 0.05) is 39.0 Å². The Kier molecular flexibility index (Phi) is 39.2. The second-order valence-electron chi connectivity index (χ2n) is 13.7. The molecule has 0 saturated carbocycles. The third-order valence-corrected chi connectivity index (χ3v) is 8.55. The van der Waals surface area contributed by atoms with Crippen molar-refractivity contribution in [3.8, 4) is 0 Å². The van der Waals surface area contributed by atoms with Crippen molar-refractivity contribution in [1.82, 2.24) is 19.6 Å². The molecule has 0 atom stereocenters. The summed E-state index contributed by atoms with van der Waals surface area (Å²) in [5.74, 6) is -5.40. The van der Waals surface area contributed by atoms with Crippen LogP contribution in [0.2, 0.25) is 0 Å². The predicted molar refractivity (Wildman–Crippen MR) is 222 cm³/mol. The molecule has 0 aliphatic carbocycles. The van der Waals surface area contributed by atoms with Crippen LogP contribution in [0.4, 0.5) is 0 Å². The first-order valence-corrected chi connectivity index (χ1v) is 20.8. The average molecular weight is 849 g/mol. The Morgan fingerprint density at radius 2 is 0.695 bits per heavy atom. The van der Waals surface area contributed by atoms with Gasteiger partial charge in [-0.25, -0.2) is 0 Å². The van der Waals surface area contributed by atoms with Crippen molar-refractivity contribution < 1.29 is 67.9 Å². The van der Waals surface area contributed by atoms with E-state index in [0.29, 0.717) is 12.8 Å². The largest absolute Gasteiger partial charge is 0.480 e. The molecule has 0 aromatic carbocycles. The highest BCUT2D eigenvalue weighted by Gasteiger charge is 2.23. The number of carbonyl (C=O) groups excluding carboxylic acids is 5. The topological polar surface area (TPSA) is 238 Å². The molecule has 18 nitrogen and oxygen atoms in total. The fourth-order valence-electron chi connectivity index (χ4n) is 5.65. The number of nitrogens with zero attached hydrogens (tertiary/aromatic N) is 4. The SMILES string of the molecule is C.CCCCCCCCC(=O)N(CCN(CC(=O)O)CC(=O)O)CC(=O)O.CCCCCCCCC(=O)N(CCN(CC(=O)OCC)CC(=O)OCC)CC(=O)OCC. The molecule has 0 aliphatic heterocycles. The summed E-state index contributed by atoms with van der Waals surface area (Å²) >= 11 is 0. The Labute approximate surface area is 351 Å². The van der Waals surface area contributed by atoms with E-state index in [1.807, 2.05) is 0 Å². The van der Waals surface area contributed by atoms with Crippen molar-refractivity contribution >= 4 is 47.6 Å². The molecular weight excluding hydrogens is 772 g/mol. The van der Waals surface area contributed by atoms with Crippen molar-refractivity contribution in [1.29, 1.82) is 0 Å². The Balaban J connectivity index is -0.00000107. The van der Waals surface area contributed by atoms with E-state index in [1.54, 1.807) is 25.7 Å². The van der Waals surface area contributed by atoms with E-state index in [0.717, 1.165) is 67.6 Å². The Hall–Kier alpha value is -4.32. The van der Waals surface area contributed by atoms with E-state index < -0.39 is 55.5 Å². The lowest BCUT2D eigenvalue weighted by Gasteiger charge is -2.26. The summed E-state index contributed by atoms with van der Waals surface area (Å²) in [4.78, 5) is 98.6. The maximum Gasteiger partial charge on any atom is 0.325 e. The highest BCUT2D eigenvalue weighted by Crippen LogP contribution is 2.10. The lowest BCUT2D eigenvalue weighted by molar-refractivity contribution is -0.151. The van der Waals surface area contributed by atoms with Crippen LogP contribution in [-0.4, -0.2) is 168 Å². The zero-order chi connectivity index (χ0) is 44.1. The molecule has 2 amide bonds. The molecule has 0 radical (unpaired) electrons. The van der Waals surface area contributed by atoms with Crippen molar-refractivity contribution in [3.05, 3.63) is 0 Å². The number of ether oxygens (including phenoxy) is 3. The second kappa shape index (κ2) is 39.2. The fraction of sp³-hybridized carbons (Fsp3) is 0.805. The van der Waals surface area contributed by atoms with Gasteiger partial charge in [-0.3, -0.25) is 48.2 Å². The van der Waals surface area contributed by atoms with Gasteiger partial charge in [-0.1, -0.05) is 85.5 Å². The Bertz CT molecular complexity index is 1170. The lowest BCUT2D eigenvalue weighted by Crippen LogP contribution is -2.44. The molecule has 59 heavy (non-hydrogen) atoms. The van der Waals surface area contributed by atoms with Crippen molar-refractivity contribution in [3.63, 3.8) is 0 Å². The smallest absolute Gasteiger partial charge is 0.325 e. The molecule has 0 aliphatic rings. The maximum atomic E-state index is 12.8. The summed E-state index contributed by atoms with van der Waals surface area (Å²) in [5.41, 5.74) is 0. The summed E-state index contributed by atoms with van der Waals surface area (Å²) < 4.78 is 14.9. The summed E-state index contributed by atoms with van der Waals surface area (Å²) in [6.45, 7) is 8.63. The van der Waals surface area contributed by atoms with E-state index >= 15 is 0 Å². The van der Waals surface area contributed by atoms with Crippen LogP contribution in [-0.2, 0) is 52.6 Å². The number of hydrogen-bond donors (Lipinski definition) is 3. The molecule has 0 aromatic heterocycles. The monoisotopic (exact) mass is 849 g/mol. The quantitative estimate of drug-likeness (QED) is 0.0457. The van der Waals surface area contributed by atoms with Crippen LogP contribution in [0.1, 0.15) is 132 Å². The maximum absolute atomic E-state index is 12.8. The van der Waals surface area contributed by atoms with Gasteiger partial charge in [0.25, 0.3) is 0 Å². The van der Waals surface area contributed by atoms with Gasteiger partial charge < -0.3 is 39.3 Å². The Morgan fingerprint density at radius 1 is 0.390 bits per heavy atom. The fourth-order valence-corrected chi connectivity index (χ4v) is 5.65. The van der Waals surface area contributed by atoms with Gasteiger partial charge in [-0.2, -0.15) is 0 Å². The standard InChI is InChI=1S/C23H42N2O7.C17H30N2O7.CH4/c1-5-9-10-11-12-13-14-20(26)25(19-23(29)32-8-4)16-15-24(17-21(27)30-6-2)18-22(28)31-7-3;1-2-3-4-5-6-7-8-14(20)19(13-17(25)26)10-9-18(11-15(21)22)12-16(23)24;/h5-19H2,1-4H3;2-13H2,1H3,(H,21,22)(H,23,24)(H,25,26);1H4. The van der Waals surface area contributed by atoms with E-state index in [9.17, 15) is 38.4 Å². The van der Waals surface area contributed by atoms with E-state index in [2.05, 4.69) is 13.8 Å². The number of hydrogen-bond acceptors (Lipinski definition) is 13. The summed E-state index contributed by atoms with van der Waals surface area (Å²) in [5, 5.41) is 26.6. The molecule has 0 fully saturated rings. The van der Waals surface area contributed by atoms with E-state index in [-0.39, 0.29) is 91.3 Å². The van der Waals surface area contributed by atoms with Crippen LogP contribution in [0.5, 0.6) is 0 Å². The second-order valence-corrected chi connectivity index (χ2v) is 13.7. The third kappa shape index (κ3) is 36.5. The van der Waals surface area contributed by atoms with Gasteiger partial charge in [0.05, 0.1) is 46.0 Å². The number of carbonyl (C=O) groups is 8. The minimum absolute atomic E-state index is 0. The molecule has 0 heterocycles. The normalized spacial score (nSPS) is 10.5. The van der Waals surface area contributed by atoms with Crippen LogP contribution in [0, 0.1) is 0 Å². The molecule has 0 saturated heterocycles. The van der Waals surface area contributed by atoms with Gasteiger partial charge in [-0.15, -0.1) is 0 Å². The van der Waals surface area contributed by atoms with E-state index in [4.69, 9.17) is 29.5 Å². The minimum Gasteiger partial charge on any atom is -0.480 e. The van der Waals surface area contributed by atoms with Crippen LogP contribution < -0.4 is 0 Å². The molecule has 0 rings (SSSR count). The number of rotatable bonds is 35. The molecule has 3 N–H and O–H groups in total. The summed E-state index contributed by atoms with van der Waals surface area (Å²) in [6, 6.07) is 0. The van der Waals surface area contributed by atoms with Crippen LogP contribution >= 0.6 is 0 Å². The molecule has 18 heteroatoms. The number of aliphatic carboxylic acids is 3. The number of amides is 2. The van der Waals surface area contributed by atoms with Crippen LogP contribution in [0.15, 0.2) is 0 Å². The van der Waals surface area contributed by atoms with Crippen molar-refractivity contribution in [2.45, 2.75) is 132 Å². The van der Waals surface area contributed by atoms with Gasteiger partial charge in [-0.05, 0) is 33.6 Å². The zero-order valence-corrected chi connectivity index (χ0v) is 35.7. The first-order valence-electron chi connectivity index (χ1n) is 20.8. The highest BCUT2D eigenvalue weighted by atomic mass is 16.5. The van der Waals surface area contributed by atoms with E-state index in [1.165, 1.54) is 17.7 Å². The molecule has 0 bridgehead atoms. The molecule has 0 unspecified atom stereocenters.